The number of rotatable bonds is 4. The molecule has 0 saturated carbocycles. The molecule has 0 fully saturated rings. The summed E-state index contributed by atoms with van der Waals surface area (Å²) in [5.74, 6) is -0.00511. The van der Waals surface area contributed by atoms with Gasteiger partial charge in [-0.25, -0.2) is 0 Å². The molecule has 140 valence electrons. The van der Waals surface area contributed by atoms with Crippen molar-refractivity contribution >= 4 is 33.1 Å². The lowest BCUT2D eigenvalue weighted by Gasteiger charge is -2.13. The Labute approximate surface area is 163 Å². The van der Waals surface area contributed by atoms with E-state index in [1.165, 1.54) is 23.1 Å². The quantitative estimate of drug-likeness (QED) is 0.572. The van der Waals surface area contributed by atoms with E-state index in [0.29, 0.717) is 27.3 Å². The Bertz CT molecular complexity index is 1250. The largest absolute Gasteiger partial charge is 0.494 e. The maximum absolute atomic E-state index is 13.0. The van der Waals surface area contributed by atoms with E-state index in [9.17, 15) is 9.59 Å². The summed E-state index contributed by atoms with van der Waals surface area (Å²) in [5, 5.41) is 16.8. The molecule has 0 bridgehead atoms. The second kappa shape index (κ2) is 7.20. The Morgan fingerprint density at radius 1 is 1.07 bits per heavy atom. The minimum atomic E-state index is -0.476. The second-order valence-corrected chi connectivity index (χ2v) is 7.04. The highest BCUT2D eigenvalue weighted by Crippen LogP contribution is 2.23. The Hall–Kier alpha value is -3.59. The molecule has 0 spiro atoms. The molecule has 1 N–H and O–H groups in total. The highest BCUT2D eigenvalue weighted by molar-refractivity contribution is 7.15. The zero-order chi connectivity index (χ0) is 19.7. The van der Waals surface area contributed by atoms with E-state index >= 15 is 0 Å². The summed E-state index contributed by atoms with van der Waals surface area (Å²) in [5.41, 5.74) is 0.207. The number of ether oxygens (including phenoxy) is 1. The number of nitrogens with zero attached hydrogens (tertiary/aromatic N) is 4. The van der Waals surface area contributed by atoms with Gasteiger partial charge < -0.3 is 4.74 Å². The van der Waals surface area contributed by atoms with Crippen LogP contribution in [0, 0.1) is 6.92 Å². The summed E-state index contributed by atoms with van der Waals surface area (Å²) in [6.07, 6.45) is 0. The molecule has 0 aliphatic rings. The molecule has 0 saturated heterocycles. The number of benzene rings is 2. The molecule has 9 heteroatoms. The first-order chi connectivity index (χ1) is 13.6. The molecular formula is C19H15N5O3S. The number of amides is 1. The van der Waals surface area contributed by atoms with Gasteiger partial charge in [-0.2, -0.15) is 9.78 Å². The molecule has 28 heavy (non-hydrogen) atoms. The SMILES string of the molecule is COc1ccccc1-n1nc(C(=O)Nc2nnc(C)s2)c2ccccc2c1=O. The lowest BCUT2D eigenvalue weighted by atomic mass is 10.1. The van der Waals surface area contributed by atoms with Gasteiger partial charge in [-0.1, -0.05) is 41.7 Å². The lowest BCUT2D eigenvalue weighted by molar-refractivity contribution is 0.102. The van der Waals surface area contributed by atoms with Crippen molar-refractivity contribution in [1.82, 2.24) is 20.0 Å². The minimum absolute atomic E-state index is 0.106. The third-order valence-electron chi connectivity index (χ3n) is 4.08. The smallest absolute Gasteiger partial charge is 0.279 e. The molecule has 0 aliphatic carbocycles. The normalized spacial score (nSPS) is 10.8. The van der Waals surface area contributed by atoms with Crippen molar-refractivity contribution in [2.45, 2.75) is 6.92 Å². The molecule has 4 aromatic rings. The third-order valence-corrected chi connectivity index (χ3v) is 4.83. The van der Waals surface area contributed by atoms with Crippen LogP contribution in [0.3, 0.4) is 0 Å². The minimum Gasteiger partial charge on any atom is -0.494 e. The zero-order valence-electron chi connectivity index (χ0n) is 15.0. The van der Waals surface area contributed by atoms with Gasteiger partial charge in [0.25, 0.3) is 11.5 Å². The summed E-state index contributed by atoms with van der Waals surface area (Å²) in [4.78, 5) is 25.9. The molecule has 0 aliphatic heterocycles. The van der Waals surface area contributed by atoms with Crippen molar-refractivity contribution in [1.29, 1.82) is 0 Å². The summed E-state index contributed by atoms with van der Waals surface area (Å²) in [7, 11) is 1.51. The third kappa shape index (κ3) is 3.12. The molecule has 2 aromatic heterocycles. The Morgan fingerprint density at radius 3 is 2.50 bits per heavy atom. The number of carbonyl (C=O) groups excluding carboxylic acids is 1. The molecule has 2 aromatic carbocycles. The number of methoxy groups -OCH3 is 1. The first-order valence-corrected chi connectivity index (χ1v) is 9.17. The monoisotopic (exact) mass is 393 g/mol. The number of hydrogen-bond donors (Lipinski definition) is 1. The van der Waals surface area contributed by atoms with Crippen LogP contribution in [0.25, 0.3) is 16.5 Å². The van der Waals surface area contributed by atoms with Crippen LogP contribution in [0.15, 0.2) is 53.3 Å². The van der Waals surface area contributed by atoms with Crippen LogP contribution in [0.5, 0.6) is 5.75 Å². The van der Waals surface area contributed by atoms with Gasteiger partial charge >= 0.3 is 0 Å². The number of aromatic nitrogens is 4. The first-order valence-electron chi connectivity index (χ1n) is 8.35. The van der Waals surface area contributed by atoms with Gasteiger partial charge in [-0.15, -0.1) is 10.2 Å². The second-order valence-electron chi connectivity index (χ2n) is 5.86. The number of nitrogens with one attached hydrogen (secondary N) is 1. The van der Waals surface area contributed by atoms with Crippen molar-refractivity contribution in [2.75, 3.05) is 12.4 Å². The number of hydrogen-bond acceptors (Lipinski definition) is 7. The van der Waals surface area contributed by atoms with Crippen LogP contribution in [0.4, 0.5) is 5.13 Å². The standard InChI is InChI=1S/C19H15N5O3S/c1-11-21-22-19(28-11)20-17(25)16-12-7-3-4-8-13(12)18(26)24(23-16)14-9-5-6-10-15(14)27-2/h3-10H,1-2H3,(H,20,22,25). The van der Waals surface area contributed by atoms with Crippen molar-refractivity contribution < 1.29 is 9.53 Å². The van der Waals surface area contributed by atoms with E-state index < -0.39 is 5.91 Å². The van der Waals surface area contributed by atoms with E-state index in [1.54, 1.807) is 55.5 Å². The highest BCUT2D eigenvalue weighted by Gasteiger charge is 2.20. The maximum Gasteiger partial charge on any atom is 0.279 e. The number of anilines is 1. The van der Waals surface area contributed by atoms with Gasteiger partial charge in [0.15, 0.2) is 5.69 Å². The predicted molar refractivity (Wildman–Crippen MR) is 106 cm³/mol. The van der Waals surface area contributed by atoms with Crippen LogP contribution in [-0.2, 0) is 0 Å². The van der Waals surface area contributed by atoms with Crippen molar-refractivity contribution in [3.63, 3.8) is 0 Å². The molecule has 0 unspecified atom stereocenters. The zero-order valence-corrected chi connectivity index (χ0v) is 15.9. The highest BCUT2D eigenvalue weighted by atomic mass is 32.1. The molecule has 0 atom stereocenters. The maximum atomic E-state index is 13.0. The molecule has 4 rings (SSSR count). The van der Waals surface area contributed by atoms with Crippen molar-refractivity contribution in [3.8, 4) is 11.4 Å². The van der Waals surface area contributed by atoms with Gasteiger partial charge in [0, 0.05) is 5.39 Å². The summed E-state index contributed by atoms with van der Waals surface area (Å²) >= 11 is 1.26. The molecule has 1 amide bonds. The fourth-order valence-electron chi connectivity index (χ4n) is 2.83. The predicted octanol–water partition coefficient (Wildman–Crippen LogP) is 2.81. The average molecular weight is 393 g/mol. The number of aryl methyl sites for hydroxylation is 1. The van der Waals surface area contributed by atoms with Crippen LogP contribution in [0.2, 0.25) is 0 Å². The van der Waals surface area contributed by atoms with Crippen LogP contribution < -0.4 is 15.6 Å². The number of fused-ring (bicyclic) bond motifs is 1. The molecule has 2 heterocycles. The van der Waals surface area contributed by atoms with Crippen LogP contribution in [0.1, 0.15) is 15.5 Å². The Morgan fingerprint density at radius 2 is 1.79 bits per heavy atom. The van der Waals surface area contributed by atoms with Crippen molar-refractivity contribution in [3.05, 3.63) is 69.6 Å². The van der Waals surface area contributed by atoms with Crippen molar-refractivity contribution in [2.24, 2.45) is 0 Å². The van der Waals surface area contributed by atoms with E-state index in [2.05, 4.69) is 20.6 Å². The Balaban J connectivity index is 1.92. The van der Waals surface area contributed by atoms with Gasteiger partial charge in [-0.05, 0) is 25.1 Å². The van der Waals surface area contributed by atoms with E-state index in [0.717, 1.165) is 5.01 Å². The molecule has 8 nitrogen and oxygen atoms in total. The summed E-state index contributed by atoms with van der Waals surface area (Å²) in [6, 6.07) is 13.8. The lowest BCUT2D eigenvalue weighted by Crippen LogP contribution is -2.26. The number of para-hydroxylation sites is 2. The summed E-state index contributed by atoms with van der Waals surface area (Å²) in [6.45, 7) is 1.79. The van der Waals surface area contributed by atoms with Gasteiger partial charge in [0.1, 0.15) is 16.4 Å². The average Bonchev–Trinajstić information content (AvgIpc) is 3.13. The van der Waals surface area contributed by atoms with Crippen LogP contribution in [-0.4, -0.2) is 33.0 Å². The topological polar surface area (TPSA) is 99.0 Å². The number of carbonyl (C=O) groups is 1. The van der Waals surface area contributed by atoms with Crippen LogP contribution >= 0.6 is 11.3 Å². The fourth-order valence-corrected chi connectivity index (χ4v) is 3.42. The van der Waals surface area contributed by atoms with Gasteiger partial charge in [-0.3, -0.25) is 14.9 Å². The van der Waals surface area contributed by atoms with E-state index in [4.69, 9.17) is 4.74 Å². The summed E-state index contributed by atoms with van der Waals surface area (Å²) < 4.78 is 6.53. The fraction of sp³-hybridized carbons (Fsp3) is 0.105. The van der Waals surface area contributed by atoms with E-state index in [1.807, 2.05) is 0 Å². The Kier molecular flexibility index (Phi) is 4.58. The molecular weight excluding hydrogens is 378 g/mol. The molecule has 0 radical (unpaired) electrons. The van der Waals surface area contributed by atoms with Gasteiger partial charge in [0.05, 0.1) is 12.5 Å². The van der Waals surface area contributed by atoms with Gasteiger partial charge in [0.2, 0.25) is 5.13 Å². The first kappa shape index (κ1) is 17.8. The van der Waals surface area contributed by atoms with E-state index in [-0.39, 0.29) is 11.3 Å².